The third kappa shape index (κ3) is 1.72. The van der Waals surface area contributed by atoms with E-state index in [0.717, 1.165) is 18.0 Å². The summed E-state index contributed by atoms with van der Waals surface area (Å²) in [6.45, 7) is 0.721. The fraction of sp³-hybridized carbons (Fsp3) is 0.250. The van der Waals surface area contributed by atoms with E-state index in [2.05, 4.69) is 15.4 Å². The van der Waals surface area contributed by atoms with Crippen molar-refractivity contribution >= 4 is 23.1 Å². The molecule has 5 heteroatoms. The van der Waals surface area contributed by atoms with E-state index in [4.69, 9.17) is 11.6 Å². The minimum absolute atomic E-state index is 0.576. The van der Waals surface area contributed by atoms with Gasteiger partial charge in [-0.2, -0.15) is 5.10 Å². The van der Waals surface area contributed by atoms with Gasteiger partial charge < -0.3 is 5.32 Å². The third-order valence-corrected chi connectivity index (χ3v) is 1.85. The van der Waals surface area contributed by atoms with E-state index in [-0.39, 0.29) is 0 Å². The molecular formula is C8H9ClN4. The first-order valence-electron chi connectivity index (χ1n) is 4.00. The predicted molar refractivity (Wildman–Crippen MR) is 52.2 cm³/mol. The van der Waals surface area contributed by atoms with Crippen molar-refractivity contribution in [3.8, 4) is 0 Å². The van der Waals surface area contributed by atoms with Gasteiger partial charge in [-0.15, -0.1) is 11.6 Å². The maximum Gasteiger partial charge on any atom is 0.157 e. The van der Waals surface area contributed by atoms with E-state index in [1.54, 1.807) is 10.7 Å². The van der Waals surface area contributed by atoms with Crippen molar-refractivity contribution in [3.05, 3.63) is 24.5 Å². The van der Waals surface area contributed by atoms with Crippen LogP contribution in [0.2, 0.25) is 0 Å². The van der Waals surface area contributed by atoms with Gasteiger partial charge in [0.2, 0.25) is 0 Å². The van der Waals surface area contributed by atoms with Crippen molar-refractivity contribution in [2.24, 2.45) is 0 Å². The molecule has 2 aromatic heterocycles. The number of aromatic nitrogens is 3. The summed E-state index contributed by atoms with van der Waals surface area (Å²) in [4.78, 5) is 4.30. The molecule has 2 rings (SSSR count). The average molecular weight is 197 g/mol. The van der Waals surface area contributed by atoms with E-state index >= 15 is 0 Å². The topological polar surface area (TPSA) is 42.2 Å². The number of nitrogens with one attached hydrogen (secondary N) is 1. The van der Waals surface area contributed by atoms with Gasteiger partial charge in [-0.3, -0.25) is 0 Å². The van der Waals surface area contributed by atoms with Gasteiger partial charge in [0.05, 0.1) is 6.20 Å². The quantitative estimate of drug-likeness (QED) is 0.755. The highest BCUT2D eigenvalue weighted by Gasteiger charge is 1.96. The first-order valence-corrected chi connectivity index (χ1v) is 4.54. The summed E-state index contributed by atoms with van der Waals surface area (Å²) in [7, 11) is 0. The van der Waals surface area contributed by atoms with Crippen LogP contribution in [0, 0.1) is 0 Å². The van der Waals surface area contributed by atoms with Gasteiger partial charge in [-0.25, -0.2) is 9.50 Å². The van der Waals surface area contributed by atoms with Crippen LogP contribution >= 0.6 is 11.6 Å². The molecule has 0 atom stereocenters. The molecule has 0 saturated carbocycles. The van der Waals surface area contributed by atoms with Crippen LogP contribution in [-0.2, 0) is 0 Å². The zero-order valence-electron chi connectivity index (χ0n) is 6.94. The summed E-state index contributed by atoms with van der Waals surface area (Å²) in [5.74, 6) is 1.40. The Morgan fingerprint density at radius 1 is 1.46 bits per heavy atom. The van der Waals surface area contributed by atoms with Crippen LogP contribution in [0.5, 0.6) is 0 Å². The maximum atomic E-state index is 5.54. The van der Waals surface area contributed by atoms with E-state index < -0.39 is 0 Å². The van der Waals surface area contributed by atoms with Gasteiger partial charge in [0.25, 0.3) is 0 Å². The molecule has 0 aromatic carbocycles. The highest BCUT2D eigenvalue weighted by atomic mass is 35.5. The van der Waals surface area contributed by atoms with Crippen molar-refractivity contribution in [1.82, 2.24) is 14.6 Å². The van der Waals surface area contributed by atoms with Crippen LogP contribution in [0.1, 0.15) is 0 Å². The number of rotatable bonds is 3. The molecule has 0 aliphatic carbocycles. The Kier molecular flexibility index (Phi) is 2.31. The van der Waals surface area contributed by atoms with E-state index in [1.165, 1.54) is 0 Å². The second kappa shape index (κ2) is 3.62. The summed E-state index contributed by atoms with van der Waals surface area (Å²) >= 11 is 5.54. The summed E-state index contributed by atoms with van der Waals surface area (Å²) in [5, 5.41) is 7.13. The lowest BCUT2D eigenvalue weighted by Gasteiger charge is -2.02. The predicted octanol–water partition coefficient (Wildman–Crippen LogP) is 1.38. The lowest BCUT2D eigenvalue weighted by molar-refractivity contribution is 0.938. The van der Waals surface area contributed by atoms with Gasteiger partial charge in [0.1, 0.15) is 5.82 Å². The Labute approximate surface area is 80.5 Å². The minimum atomic E-state index is 0.576. The highest BCUT2D eigenvalue weighted by Crippen LogP contribution is 2.04. The Morgan fingerprint density at radius 2 is 2.38 bits per heavy atom. The standard InChI is InChI=1S/C8H9ClN4/c9-3-5-10-7-2-6-13-8(12-7)1-4-11-13/h1-2,4,6H,3,5H2,(H,10,12). The lowest BCUT2D eigenvalue weighted by Crippen LogP contribution is -2.04. The third-order valence-electron chi connectivity index (χ3n) is 1.66. The van der Waals surface area contributed by atoms with E-state index in [1.807, 2.05) is 18.3 Å². The van der Waals surface area contributed by atoms with Crippen LogP contribution in [-0.4, -0.2) is 27.0 Å². The van der Waals surface area contributed by atoms with Crippen molar-refractivity contribution < 1.29 is 0 Å². The first kappa shape index (κ1) is 8.31. The molecule has 0 fully saturated rings. The molecule has 2 heterocycles. The smallest absolute Gasteiger partial charge is 0.157 e. The second-order valence-corrected chi connectivity index (χ2v) is 2.94. The Balaban J connectivity index is 2.26. The van der Waals surface area contributed by atoms with Gasteiger partial charge in [0, 0.05) is 24.7 Å². The number of alkyl halides is 1. The molecule has 0 spiro atoms. The molecule has 1 N–H and O–H groups in total. The number of nitrogens with zero attached hydrogens (tertiary/aromatic N) is 3. The van der Waals surface area contributed by atoms with Crippen LogP contribution < -0.4 is 5.32 Å². The number of hydrogen-bond donors (Lipinski definition) is 1. The molecule has 0 aliphatic heterocycles. The van der Waals surface area contributed by atoms with Crippen molar-refractivity contribution in [1.29, 1.82) is 0 Å². The molecule has 0 radical (unpaired) electrons. The van der Waals surface area contributed by atoms with Gasteiger partial charge in [-0.05, 0) is 6.07 Å². The number of hydrogen-bond acceptors (Lipinski definition) is 3. The van der Waals surface area contributed by atoms with Crippen LogP contribution in [0.25, 0.3) is 5.65 Å². The maximum absolute atomic E-state index is 5.54. The fourth-order valence-electron chi connectivity index (χ4n) is 1.09. The van der Waals surface area contributed by atoms with Crippen LogP contribution in [0.15, 0.2) is 24.5 Å². The first-order chi connectivity index (χ1) is 6.40. The minimum Gasteiger partial charge on any atom is -0.369 e. The fourth-order valence-corrected chi connectivity index (χ4v) is 1.18. The molecule has 4 nitrogen and oxygen atoms in total. The van der Waals surface area contributed by atoms with Crippen LogP contribution in [0.4, 0.5) is 5.82 Å². The normalized spacial score (nSPS) is 10.5. The van der Waals surface area contributed by atoms with Gasteiger partial charge in [-0.1, -0.05) is 0 Å². The molecule has 0 aliphatic rings. The Morgan fingerprint density at radius 3 is 3.23 bits per heavy atom. The van der Waals surface area contributed by atoms with Gasteiger partial charge >= 0.3 is 0 Å². The van der Waals surface area contributed by atoms with E-state index in [9.17, 15) is 0 Å². The molecule has 0 amide bonds. The highest BCUT2D eigenvalue weighted by molar-refractivity contribution is 6.18. The zero-order valence-corrected chi connectivity index (χ0v) is 7.70. The SMILES string of the molecule is ClCCNc1ccn2nccc2n1. The zero-order chi connectivity index (χ0) is 9.10. The summed E-state index contributed by atoms with van der Waals surface area (Å²) in [6, 6.07) is 3.72. The largest absolute Gasteiger partial charge is 0.369 e. The van der Waals surface area contributed by atoms with Crippen LogP contribution in [0.3, 0.4) is 0 Å². The molecule has 68 valence electrons. The number of anilines is 1. The molecule has 0 saturated heterocycles. The summed E-state index contributed by atoms with van der Waals surface area (Å²) < 4.78 is 1.71. The van der Waals surface area contributed by atoms with Crippen molar-refractivity contribution in [3.63, 3.8) is 0 Å². The van der Waals surface area contributed by atoms with Gasteiger partial charge in [0.15, 0.2) is 5.65 Å². The van der Waals surface area contributed by atoms with Crippen molar-refractivity contribution in [2.45, 2.75) is 0 Å². The molecule has 0 bridgehead atoms. The molecule has 0 unspecified atom stereocenters. The summed E-state index contributed by atoms with van der Waals surface area (Å²) in [6.07, 6.45) is 3.58. The van der Waals surface area contributed by atoms with Crippen molar-refractivity contribution in [2.75, 3.05) is 17.7 Å². The average Bonchev–Trinajstić information content (AvgIpc) is 2.61. The number of fused-ring (bicyclic) bond motifs is 1. The second-order valence-electron chi connectivity index (χ2n) is 2.56. The molecular weight excluding hydrogens is 188 g/mol. The number of halogens is 1. The van der Waals surface area contributed by atoms with E-state index in [0.29, 0.717) is 5.88 Å². The lowest BCUT2D eigenvalue weighted by atomic mass is 10.5. The Hall–Kier alpha value is -1.29. The monoisotopic (exact) mass is 196 g/mol. The molecule has 13 heavy (non-hydrogen) atoms. The molecule has 2 aromatic rings. The Bertz CT molecular complexity index is 398. The summed E-state index contributed by atoms with van der Waals surface area (Å²) in [5.41, 5.74) is 0.833.